The SMILES string of the molecule is Cc1cccc(NC(=O)CC2CSc3nccc(=O)n32)c1C. The fourth-order valence-electron chi connectivity index (χ4n) is 2.54. The summed E-state index contributed by atoms with van der Waals surface area (Å²) in [5, 5.41) is 3.64. The molecular weight excluding hydrogens is 298 g/mol. The molecule has 0 saturated heterocycles. The first kappa shape index (κ1) is 14.8. The van der Waals surface area contributed by atoms with Crippen LogP contribution in [-0.2, 0) is 4.79 Å². The minimum Gasteiger partial charge on any atom is -0.326 e. The smallest absolute Gasteiger partial charge is 0.254 e. The van der Waals surface area contributed by atoms with Crippen LogP contribution in [0.25, 0.3) is 0 Å². The number of nitrogens with one attached hydrogen (secondary N) is 1. The summed E-state index contributed by atoms with van der Waals surface area (Å²) in [4.78, 5) is 28.4. The molecule has 1 atom stereocenters. The summed E-state index contributed by atoms with van der Waals surface area (Å²) in [6.07, 6.45) is 1.79. The molecule has 0 bridgehead atoms. The zero-order valence-corrected chi connectivity index (χ0v) is 13.3. The van der Waals surface area contributed by atoms with Gasteiger partial charge >= 0.3 is 0 Å². The van der Waals surface area contributed by atoms with E-state index in [2.05, 4.69) is 10.3 Å². The number of carbonyl (C=O) groups is 1. The first-order valence-corrected chi connectivity index (χ1v) is 8.11. The van der Waals surface area contributed by atoms with Crippen LogP contribution in [0.1, 0.15) is 23.6 Å². The van der Waals surface area contributed by atoms with Crippen molar-refractivity contribution in [2.45, 2.75) is 31.5 Å². The Kier molecular flexibility index (Phi) is 4.02. The number of anilines is 1. The van der Waals surface area contributed by atoms with Gasteiger partial charge in [-0.2, -0.15) is 0 Å². The fourth-order valence-corrected chi connectivity index (χ4v) is 3.66. The quantitative estimate of drug-likeness (QED) is 0.884. The van der Waals surface area contributed by atoms with E-state index in [1.165, 1.54) is 24.0 Å². The largest absolute Gasteiger partial charge is 0.326 e. The Bertz CT molecular complexity index is 785. The average Bonchev–Trinajstić information content (AvgIpc) is 2.88. The summed E-state index contributed by atoms with van der Waals surface area (Å²) < 4.78 is 1.62. The van der Waals surface area contributed by atoms with Crippen molar-refractivity contribution in [2.24, 2.45) is 0 Å². The zero-order chi connectivity index (χ0) is 15.7. The molecule has 6 heteroatoms. The van der Waals surface area contributed by atoms with E-state index in [4.69, 9.17) is 0 Å². The Morgan fingerprint density at radius 1 is 1.41 bits per heavy atom. The highest BCUT2D eigenvalue weighted by Gasteiger charge is 2.26. The third-order valence-electron chi connectivity index (χ3n) is 3.92. The van der Waals surface area contributed by atoms with Crippen molar-refractivity contribution in [2.75, 3.05) is 11.1 Å². The molecule has 0 spiro atoms. The molecule has 114 valence electrons. The van der Waals surface area contributed by atoms with Crippen LogP contribution in [0, 0.1) is 13.8 Å². The highest BCUT2D eigenvalue weighted by atomic mass is 32.2. The summed E-state index contributed by atoms with van der Waals surface area (Å²) >= 11 is 1.52. The molecule has 5 nitrogen and oxygen atoms in total. The third-order valence-corrected chi connectivity index (χ3v) is 5.03. The van der Waals surface area contributed by atoms with Gasteiger partial charge in [0.1, 0.15) is 0 Å². The maximum absolute atomic E-state index is 12.3. The van der Waals surface area contributed by atoms with Crippen LogP contribution in [-0.4, -0.2) is 21.2 Å². The molecule has 0 radical (unpaired) electrons. The highest BCUT2D eigenvalue weighted by molar-refractivity contribution is 7.99. The molecule has 2 aromatic rings. The Balaban J connectivity index is 1.74. The van der Waals surface area contributed by atoms with Gasteiger partial charge in [0.25, 0.3) is 5.56 Å². The van der Waals surface area contributed by atoms with Gasteiger partial charge in [-0.3, -0.25) is 14.2 Å². The van der Waals surface area contributed by atoms with Crippen molar-refractivity contribution < 1.29 is 4.79 Å². The second-order valence-corrected chi connectivity index (χ2v) is 6.39. The number of aryl methyl sites for hydroxylation is 1. The van der Waals surface area contributed by atoms with Crippen LogP contribution in [0.5, 0.6) is 0 Å². The van der Waals surface area contributed by atoms with Gasteiger partial charge in [-0.05, 0) is 31.0 Å². The van der Waals surface area contributed by atoms with Crippen molar-refractivity contribution in [1.29, 1.82) is 0 Å². The monoisotopic (exact) mass is 315 g/mol. The lowest BCUT2D eigenvalue weighted by atomic mass is 10.1. The molecule has 1 aromatic carbocycles. The zero-order valence-electron chi connectivity index (χ0n) is 12.5. The van der Waals surface area contributed by atoms with E-state index in [1.807, 2.05) is 32.0 Å². The van der Waals surface area contributed by atoms with Gasteiger partial charge in [-0.15, -0.1) is 0 Å². The van der Waals surface area contributed by atoms with E-state index in [0.29, 0.717) is 10.9 Å². The van der Waals surface area contributed by atoms with Crippen LogP contribution >= 0.6 is 11.8 Å². The lowest BCUT2D eigenvalue weighted by molar-refractivity contribution is -0.116. The molecule has 0 aliphatic carbocycles. The number of rotatable bonds is 3. The van der Waals surface area contributed by atoms with E-state index < -0.39 is 0 Å². The van der Waals surface area contributed by atoms with Crippen molar-refractivity contribution in [3.63, 3.8) is 0 Å². The Labute approximate surface area is 132 Å². The molecule has 1 N–H and O–H groups in total. The normalized spacial score (nSPS) is 16.4. The van der Waals surface area contributed by atoms with Crippen molar-refractivity contribution in [1.82, 2.24) is 9.55 Å². The Hall–Kier alpha value is -2.08. The highest BCUT2D eigenvalue weighted by Crippen LogP contribution is 2.31. The first-order valence-electron chi connectivity index (χ1n) is 7.12. The number of thioether (sulfide) groups is 1. The van der Waals surface area contributed by atoms with Crippen molar-refractivity contribution in [3.8, 4) is 0 Å². The van der Waals surface area contributed by atoms with Crippen molar-refractivity contribution >= 4 is 23.4 Å². The number of fused-ring (bicyclic) bond motifs is 1. The first-order chi connectivity index (χ1) is 10.6. The van der Waals surface area contributed by atoms with Crippen LogP contribution < -0.4 is 10.9 Å². The number of aromatic nitrogens is 2. The van der Waals surface area contributed by atoms with Gasteiger partial charge in [-0.25, -0.2) is 4.98 Å². The van der Waals surface area contributed by atoms with E-state index >= 15 is 0 Å². The third kappa shape index (κ3) is 2.78. The predicted octanol–water partition coefficient (Wildman–Crippen LogP) is 2.54. The van der Waals surface area contributed by atoms with Gasteiger partial charge in [0.05, 0.1) is 6.04 Å². The Morgan fingerprint density at radius 2 is 2.23 bits per heavy atom. The molecule has 3 rings (SSSR count). The maximum Gasteiger partial charge on any atom is 0.254 e. The standard InChI is InChI=1S/C16H17N3O2S/c1-10-4-3-5-13(11(10)2)18-14(20)8-12-9-22-16-17-7-6-15(21)19(12)16/h3-7,12H,8-9H2,1-2H3,(H,18,20). The summed E-state index contributed by atoms with van der Waals surface area (Å²) in [5.74, 6) is 0.620. The molecule has 1 unspecified atom stereocenters. The average molecular weight is 315 g/mol. The van der Waals surface area contributed by atoms with Gasteiger partial charge < -0.3 is 5.32 Å². The minimum atomic E-state index is -0.133. The number of hydrogen-bond donors (Lipinski definition) is 1. The lowest BCUT2D eigenvalue weighted by Gasteiger charge is -2.14. The summed E-state index contributed by atoms with van der Waals surface area (Å²) in [5.41, 5.74) is 2.94. The second kappa shape index (κ2) is 5.96. The van der Waals surface area contributed by atoms with Crippen LogP contribution in [0.2, 0.25) is 0 Å². The topological polar surface area (TPSA) is 64.0 Å². The molecule has 1 aliphatic heterocycles. The van der Waals surface area contributed by atoms with Gasteiger partial charge in [0.15, 0.2) is 5.16 Å². The van der Waals surface area contributed by atoms with Gasteiger partial charge in [0.2, 0.25) is 5.91 Å². The predicted molar refractivity (Wildman–Crippen MR) is 87.4 cm³/mol. The molecular formula is C16H17N3O2S. The fraction of sp³-hybridized carbons (Fsp3) is 0.312. The Morgan fingerprint density at radius 3 is 3.05 bits per heavy atom. The number of benzene rings is 1. The maximum atomic E-state index is 12.3. The molecule has 22 heavy (non-hydrogen) atoms. The second-order valence-electron chi connectivity index (χ2n) is 5.40. The van der Waals surface area contributed by atoms with Gasteiger partial charge in [-0.1, -0.05) is 23.9 Å². The van der Waals surface area contributed by atoms with E-state index in [-0.39, 0.29) is 23.9 Å². The molecule has 2 heterocycles. The summed E-state index contributed by atoms with van der Waals surface area (Å²) in [6.45, 7) is 4.00. The summed E-state index contributed by atoms with van der Waals surface area (Å²) in [7, 11) is 0. The molecule has 1 amide bonds. The van der Waals surface area contributed by atoms with E-state index in [0.717, 1.165) is 16.8 Å². The van der Waals surface area contributed by atoms with E-state index in [1.54, 1.807) is 4.57 Å². The number of carbonyl (C=O) groups excluding carboxylic acids is 1. The molecule has 1 aromatic heterocycles. The van der Waals surface area contributed by atoms with Crippen LogP contribution in [0.3, 0.4) is 0 Å². The molecule has 1 aliphatic rings. The molecule has 0 saturated carbocycles. The lowest BCUT2D eigenvalue weighted by Crippen LogP contribution is -2.27. The number of nitrogens with zero attached hydrogens (tertiary/aromatic N) is 2. The molecule has 0 fully saturated rings. The number of hydrogen-bond acceptors (Lipinski definition) is 4. The summed E-state index contributed by atoms with van der Waals surface area (Å²) in [6, 6.07) is 7.13. The van der Waals surface area contributed by atoms with Crippen LogP contribution in [0.4, 0.5) is 5.69 Å². The van der Waals surface area contributed by atoms with Crippen LogP contribution in [0.15, 0.2) is 40.4 Å². The van der Waals surface area contributed by atoms with Gasteiger partial charge in [0, 0.05) is 30.1 Å². The van der Waals surface area contributed by atoms with Crippen molar-refractivity contribution in [3.05, 3.63) is 51.9 Å². The minimum absolute atomic E-state index is 0.0806. The number of amides is 1. The van der Waals surface area contributed by atoms with E-state index in [9.17, 15) is 9.59 Å².